The number of halogens is 1. The number of carbonyl (C=O) groups is 1. The molecule has 2 aromatic rings. The zero-order valence-electron chi connectivity index (χ0n) is 16.9. The number of rotatable bonds is 10. The van der Waals surface area contributed by atoms with Gasteiger partial charge in [0.1, 0.15) is 11.6 Å². The van der Waals surface area contributed by atoms with Gasteiger partial charge in [-0.2, -0.15) is 0 Å². The van der Waals surface area contributed by atoms with E-state index in [0.29, 0.717) is 19.5 Å². The number of methoxy groups -OCH3 is 1. The molecule has 2 aromatic carbocycles. The fourth-order valence-electron chi connectivity index (χ4n) is 3.24. The number of carbonyl (C=O) groups excluding carboxylic acids is 1. The molecule has 28 heavy (non-hydrogen) atoms. The van der Waals surface area contributed by atoms with E-state index in [1.807, 2.05) is 24.3 Å². The SMILES string of the molecule is CCN(CC)[C@H](CNC(=O)NCCc1cccc(F)c1)c1cccc(OC)c1. The van der Waals surface area contributed by atoms with Crippen molar-refractivity contribution in [2.24, 2.45) is 0 Å². The van der Waals surface area contributed by atoms with E-state index >= 15 is 0 Å². The van der Waals surface area contributed by atoms with Crippen LogP contribution in [-0.2, 0) is 6.42 Å². The number of ether oxygens (including phenoxy) is 1. The Kier molecular flexibility index (Phi) is 8.75. The molecular weight excluding hydrogens is 357 g/mol. The molecule has 2 rings (SSSR count). The minimum atomic E-state index is -0.262. The third-order valence-corrected chi connectivity index (χ3v) is 4.78. The lowest BCUT2D eigenvalue weighted by molar-refractivity contribution is 0.206. The van der Waals surface area contributed by atoms with E-state index in [0.717, 1.165) is 30.0 Å². The van der Waals surface area contributed by atoms with Crippen LogP contribution in [0.3, 0.4) is 0 Å². The van der Waals surface area contributed by atoms with Gasteiger partial charge in [0, 0.05) is 13.1 Å². The number of amides is 2. The van der Waals surface area contributed by atoms with Crippen molar-refractivity contribution in [1.82, 2.24) is 15.5 Å². The molecule has 0 unspecified atom stereocenters. The summed E-state index contributed by atoms with van der Waals surface area (Å²) in [5.41, 5.74) is 1.96. The molecule has 2 amide bonds. The molecular formula is C22H30FN3O2. The van der Waals surface area contributed by atoms with Crippen molar-refractivity contribution >= 4 is 6.03 Å². The molecule has 0 spiro atoms. The summed E-state index contributed by atoms with van der Waals surface area (Å²) in [7, 11) is 1.65. The summed E-state index contributed by atoms with van der Waals surface area (Å²) in [6.45, 7) is 6.90. The van der Waals surface area contributed by atoms with Crippen molar-refractivity contribution in [3.8, 4) is 5.75 Å². The molecule has 0 radical (unpaired) electrons. The van der Waals surface area contributed by atoms with E-state index in [2.05, 4.69) is 35.4 Å². The van der Waals surface area contributed by atoms with Crippen molar-refractivity contribution in [1.29, 1.82) is 0 Å². The summed E-state index contributed by atoms with van der Waals surface area (Å²) >= 11 is 0. The molecule has 0 saturated carbocycles. The Hall–Kier alpha value is -2.60. The topological polar surface area (TPSA) is 53.6 Å². The molecule has 2 N–H and O–H groups in total. The lowest BCUT2D eigenvalue weighted by Crippen LogP contribution is -2.42. The quantitative estimate of drug-likeness (QED) is 0.653. The molecule has 0 aromatic heterocycles. The van der Waals surface area contributed by atoms with Gasteiger partial charge in [-0.25, -0.2) is 9.18 Å². The van der Waals surface area contributed by atoms with E-state index in [1.165, 1.54) is 12.1 Å². The van der Waals surface area contributed by atoms with Crippen molar-refractivity contribution in [2.45, 2.75) is 26.3 Å². The third kappa shape index (κ3) is 6.53. The summed E-state index contributed by atoms with van der Waals surface area (Å²) in [5, 5.41) is 5.80. The van der Waals surface area contributed by atoms with Gasteiger partial charge in [-0.1, -0.05) is 38.1 Å². The number of hydrogen-bond donors (Lipinski definition) is 2. The number of nitrogens with zero attached hydrogens (tertiary/aromatic N) is 1. The van der Waals surface area contributed by atoms with Crippen LogP contribution in [0.25, 0.3) is 0 Å². The highest BCUT2D eigenvalue weighted by Gasteiger charge is 2.19. The van der Waals surface area contributed by atoms with Crippen LogP contribution >= 0.6 is 0 Å². The van der Waals surface area contributed by atoms with Crippen molar-refractivity contribution in [2.75, 3.05) is 33.3 Å². The number of hydrogen-bond acceptors (Lipinski definition) is 3. The average Bonchev–Trinajstić information content (AvgIpc) is 2.71. The number of benzene rings is 2. The summed E-state index contributed by atoms with van der Waals surface area (Å²) in [5.74, 6) is 0.538. The minimum Gasteiger partial charge on any atom is -0.497 e. The zero-order valence-corrected chi connectivity index (χ0v) is 16.9. The molecule has 0 bridgehead atoms. The standard InChI is InChI=1S/C22H30FN3O2/c1-4-26(5-2)21(18-9-7-11-20(15-18)28-3)16-25-22(27)24-13-12-17-8-6-10-19(23)14-17/h6-11,14-15,21H,4-5,12-13,16H2,1-3H3,(H2,24,25,27)/t21-/m1/s1. The first-order valence-corrected chi connectivity index (χ1v) is 9.71. The van der Waals surface area contributed by atoms with Gasteiger partial charge in [-0.15, -0.1) is 0 Å². The second-order valence-electron chi connectivity index (χ2n) is 6.53. The summed E-state index contributed by atoms with van der Waals surface area (Å²) in [4.78, 5) is 14.5. The molecule has 6 heteroatoms. The van der Waals surface area contributed by atoms with Crippen LogP contribution in [0.1, 0.15) is 31.0 Å². The van der Waals surface area contributed by atoms with Crippen LogP contribution < -0.4 is 15.4 Å². The van der Waals surface area contributed by atoms with Gasteiger partial charge in [0.25, 0.3) is 0 Å². The molecule has 0 aliphatic rings. The summed E-state index contributed by atoms with van der Waals surface area (Å²) < 4.78 is 18.5. The molecule has 0 aliphatic carbocycles. The highest BCUT2D eigenvalue weighted by molar-refractivity contribution is 5.73. The van der Waals surface area contributed by atoms with Gasteiger partial charge >= 0.3 is 6.03 Å². The van der Waals surface area contributed by atoms with E-state index in [4.69, 9.17) is 4.74 Å². The lowest BCUT2D eigenvalue weighted by atomic mass is 10.0. The first kappa shape index (κ1) is 21.7. The number of urea groups is 1. The van der Waals surface area contributed by atoms with E-state index in [9.17, 15) is 9.18 Å². The van der Waals surface area contributed by atoms with Gasteiger partial charge in [0.2, 0.25) is 0 Å². The van der Waals surface area contributed by atoms with Crippen LogP contribution in [0.5, 0.6) is 5.75 Å². The van der Waals surface area contributed by atoms with Crippen LogP contribution in [0.2, 0.25) is 0 Å². The van der Waals surface area contributed by atoms with Crippen LogP contribution in [0.15, 0.2) is 48.5 Å². The normalized spacial score (nSPS) is 11.9. The monoisotopic (exact) mass is 387 g/mol. The highest BCUT2D eigenvalue weighted by atomic mass is 19.1. The Morgan fingerprint density at radius 3 is 2.54 bits per heavy atom. The zero-order chi connectivity index (χ0) is 20.4. The average molecular weight is 387 g/mol. The van der Waals surface area contributed by atoms with Crippen molar-refractivity contribution in [3.05, 3.63) is 65.5 Å². The Labute approximate surface area is 166 Å². The first-order valence-electron chi connectivity index (χ1n) is 9.71. The first-order chi connectivity index (χ1) is 13.6. The number of likely N-dealkylation sites (N-methyl/N-ethyl adjacent to an activating group) is 1. The van der Waals surface area contributed by atoms with E-state index in [-0.39, 0.29) is 17.9 Å². The van der Waals surface area contributed by atoms with Crippen molar-refractivity contribution < 1.29 is 13.9 Å². The fraction of sp³-hybridized carbons (Fsp3) is 0.409. The summed E-state index contributed by atoms with van der Waals surface area (Å²) in [6.07, 6.45) is 0.584. The molecule has 152 valence electrons. The molecule has 0 heterocycles. The van der Waals surface area contributed by atoms with Crippen LogP contribution in [0, 0.1) is 5.82 Å². The molecule has 0 aliphatic heterocycles. The smallest absolute Gasteiger partial charge is 0.314 e. The maximum Gasteiger partial charge on any atom is 0.314 e. The van der Waals surface area contributed by atoms with Gasteiger partial charge in [-0.05, 0) is 54.9 Å². The Morgan fingerprint density at radius 2 is 1.86 bits per heavy atom. The van der Waals surface area contributed by atoms with E-state index < -0.39 is 0 Å². The Bertz CT molecular complexity index is 750. The second-order valence-corrected chi connectivity index (χ2v) is 6.53. The van der Waals surface area contributed by atoms with Gasteiger partial charge in [-0.3, -0.25) is 4.90 Å². The van der Waals surface area contributed by atoms with Crippen molar-refractivity contribution in [3.63, 3.8) is 0 Å². The molecule has 0 saturated heterocycles. The van der Waals surface area contributed by atoms with Crippen LogP contribution in [-0.4, -0.2) is 44.2 Å². The van der Waals surface area contributed by atoms with E-state index in [1.54, 1.807) is 13.2 Å². The highest BCUT2D eigenvalue weighted by Crippen LogP contribution is 2.23. The second kappa shape index (κ2) is 11.3. The largest absolute Gasteiger partial charge is 0.497 e. The summed E-state index contributed by atoms with van der Waals surface area (Å²) in [6, 6.07) is 14.2. The number of nitrogens with one attached hydrogen (secondary N) is 2. The predicted octanol–water partition coefficient (Wildman–Crippen LogP) is 3.76. The Morgan fingerprint density at radius 1 is 1.11 bits per heavy atom. The van der Waals surface area contributed by atoms with Crippen LogP contribution in [0.4, 0.5) is 9.18 Å². The lowest BCUT2D eigenvalue weighted by Gasteiger charge is -2.30. The van der Waals surface area contributed by atoms with Gasteiger partial charge in [0.05, 0.1) is 13.2 Å². The molecule has 0 fully saturated rings. The molecule has 5 nitrogen and oxygen atoms in total. The maximum atomic E-state index is 13.2. The predicted molar refractivity (Wildman–Crippen MR) is 110 cm³/mol. The fourth-order valence-corrected chi connectivity index (χ4v) is 3.24. The Balaban J connectivity index is 1.91. The van der Waals surface area contributed by atoms with Gasteiger partial charge < -0.3 is 15.4 Å². The molecule has 1 atom stereocenters. The third-order valence-electron chi connectivity index (χ3n) is 4.78. The maximum absolute atomic E-state index is 13.2. The minimum absolute atomic E-state index is 0.0547. The van der Waals surface area contributed by atoms with Gasteiger partial charge in [0.15, 0.2) is 0 Å².